The van der Waals surface area contributed by atoms with Crippen molar-refractivity contribution in [1.82, 2.24) is 9.62 Å². The first-order chi connectivity index (χ1) is 7.06. The Bertz CT molecular complexity index is 279. The normalized spacial score (nSPS) is 24.3. The third-order valence-corrected chi connectivity index (χ3v) is 4.40. The highest BCUT2D eigenvalue weighted by Crippen LogP contribution is 2.07. The fourth-order valence-corrected chi connectivity index (χ4v) is 3.23. The monoisotopic (exact) mass is 236 g/mol. The average molecular weight is 236 g/mol. The number of sulfonamides is 1. The van der Waals surface area contributed by atoms with E-state index in [1.165, 1.54) is 0 Å². The molecule has 1 aliphatic rings. The molecule has 6 heteroatoms. The highest BCUT2D eigenvalue weighted by molar-refractivity contribution is 7.89. The van der Waals surface area contributed by atoms with Crippen LogP contribution in [0.4, 0.5) is 0 Å². The summed E-state index contributed by atoms with van der Waals surface area (Å²) < 4.78 is 30.1. The topological polar surface area (TPSA) is 58.6 Å². The Labute approximate surface area is 91.8 Å². The van der Waals surface area contributed by atoms with E-state index >= 15 is 0 Å². The van der Waals surface area contributed by atoms with Crippen LogP contribution in [-0.2, 0) is 14.8 Å². The summed E-state index contributed by atoms with van der Waals surface area (Å²) >= 11 is 0. The first kappa shape index (κ1) is 12.9. The number of hydrogen-bond donors (Lipinski definition) is 1. The van der Waals surface area contributed by atoms with Gasteiger partial charge in [0.25, 0.3) is 0 Å². The van der Waals surface area contributed by atoms with Crippen molar-refractivity contribution in [1.29, 1.82) is 0 Å². The maximum Gasteiger partial charge on any atom is 0.214 e. The third-order valence-electron chi connectivity index (χ3n) is 2.48. The SMILES string of the molecule is COCCCS(=O)(=O)N1CCNC(C)C1. The van der Waals surface area contributed by atoms with Crippen LogP contribution >= 0.6 is 0 Å². The van der Waals surface area contributed by atoms with Gasteiger partial charge >= 0.3 is 0 Å². The zero-order valence-electron chi connectivity index (χ0n) is 9.40. The van der Waals surface area contributed by atoms with Crippen LogP contribution < -0.4 is 5.32 Å². The predicted octanol–water partition coefficient (Wildman–Crippen LogP) is -0.354. The van der Waals surface area contributed by atoms with Gasteiger partial charge in [-0.3, -0.25) is 0 Å². The zero-order chi connectivity index (χ0) is 11.3. The lowest BCUT2D eigenvalue weighted by molar-refractivity contribution is 0.199. The van der Waals surface area contributed by atoms with Crippen LogP contribution in [-0.4, -0.2) is 57.9 Å². The van der Waals surface area contributed by atoms with E-state index < -0.39 is 10.0 Å². The number of hydrogen-bond acceptors (Lipinski definition) is 4. The largest absolute Gasteiger partial charge is 0.385 e. The number of nitrogens with zero attached hydrogens (tertiary/aromatic N) is 1. The van der Waals surface area contributed by atoms with Crippen LogP contribution in [0.5, 0.6) is 0 Å². The van der Waals surface area contributed by atoms with E-state index in [9.17, 15) is 8.42 Å². The molecule has 1 unspecified atom stereocenters. The second-order valence-corrected chi connectivity index (χ2v) is 5.96. The molecule has 1 aliphatic heterocycles. The summed E-state index contributed by atoms with van der Waals surface area (Å²) in [6.07, 6.45) is 0.567. The van der Waals surface area contributed by atoms with Crippen molar-refractivity contribution >= 4 is 10.0 Å². The molecule has 0 aliphatic carbocycles. The number of piperazine rings is 1. The summed E-state index contributed by atoms with van der Waals surface area (Å²) in [6, 6.07) is 0.246. The van der Waals surface area contributed by atoms with E-state index in [1.54, 1.807) is 11.4 Å². The van der Waals surface area contributed by atoms with Gasteiger partial charge in [-0.2, -0.15) is 4.31 Å². The molecule has 0 aromatic carbocycles. The summed E-state index contributed by atoms with van der Waals surface area (Å²) in [5.41, 5.74) is 0. The van der Waals surface area contributed by atoms with Gasteiger partial charge in [0.1, 0.15) is 0 Å². The first-order valence-corrected chi connectivity index (χ1v) is 6.87. The lowest BCUT2D eigenvalue weighted by Gasteiger charge is -2.30. The molecule has 0 spiro atoms. The molecular weight excluding hydrogens is 216 g/mol. The van der Waals surface area contributed by atoms with Gasteiger partial charge in [0.15, 0.2) is 0 Å². The highest BCUT2D eigenvalue weighted by Gasteiger charge is 2.25. The molecule has 0 aromatic rings. The smallest absolute Gasteiger partial charge is 0.214 e. The van der Waals surface area contributed by atoms with Crippen LogP contribution in [0.2, 0.25) is 0 Å². The molecule has 5 nitrogen and oxygen atoms in total. The van der Waals surface area contributed by atoms with Crippen molar-refractivity contribution in [2.45, 2.75) is 19.4 Å². The summed E-state index contributed by atoms with van der Waals surface area (Å²) in [5.74, 6) is 0.188. The number of nitrogens with one attached hydrogen (secondary N) is 1. The summed E-state index contributed by atoms with van der Waals surface area (Å²) in [7, 11) is -1.49. The van der Waals surface area contributed by atoms with Crippen molar-refractivity contribution in [2.75, 3.05) is 39.1 Å². The maximum atomic E-state index is 11.8. The van der Waals surface area contributed by atoms with Crippen molar-refractivity contribution in [3.05, 3.63) is 0 Å². The minimum absolute atomic E-state index is 0.188. The molecule has 1 saturated heterocycles. The molecule has 1 atom stereocenters. The number of rotatable bonds is 5. The molecule has 90 valence electrons. The molecule has 0 bridgehead atoms. The Morgan fingerprint density at radius 1 is 1.53 bits per heavy atom. The van der Waals surface area contributed by atoms with E-state index in [0.717, 1.165) is 6.54 Å². The fourth-order valence-electron chi connectivity index (χ4n) is 1.66. The third kappa shape index (κ3) is 4.06. The molecule has 0 aromatic heterocycles. The Kier molecular flexibility index (Phi) is 4.98. The van der Waals surface area contributed by atoms with E-state index in [0.29, 0.717) is 26.1 Å². The van der Waals surface area contributed by atoms with Crippen molar-refractivity contribution < 1.29 is 13.2 Å². The van der Waals surface area contributed by atoms with Gasteiger partial charge < -0.3 is 10.1 Å². The highest BCUT2D eigenvalue weighted by atomic mass is 32.2. The van der Waals surface area contributed by atoms with E-state index in [4.69, 9.17) is 4.74 Å². The van der Waals surface area contributed by atoms with Gasteiger partial charge in [-0.05, 0) is 13.3 Å². The molecule has 1 rings (SSSR count). The second kappa shape index (κ2) is 5.79. The van der Waals surface area contributed by atoms with Crippen LogP contribution in [0.25, 0.3) is 0 Å². The van der Waals surface area contributed by atoms with Crippen LogP contribution in [0.15, 0.2) is 0 Å². The minimum atomic E-state index is -3.08. The molecule has 0 amide bonds. The quantitative estimate of drug-likeness (QED) is 0.663. The van der Waals surface area contributed by atoms with Crippen molar-refractivity contribution in [3.63, 3.8) is 0 Å². The van der Waals surface area contributed by atoms with Gasteiger partial charge in [0.05, 0.1) is 5.75 Å². The lowest BCUT2D eigenvalue weighted by atomic mass is 10.3. The van der Waals surface area contributed by atoms with E-state index in [2.05, 4.69) is 5.32 Å². The summed E-state index contributed by atoms with van der Waals surface area (Å²) in [5, 5.41) is 3.22. The summed E-state index contributed by atoms with van der Waals surface area (Å²) in [6.45, 7) is 4.40. The average Bonchev–Trinajstić information content (AvgIpc) is 2.18. The Balaban J connectivity index is 2.45. The molecule has 15 heavy (non-hydrogen) atoms. The Hall–Kier alpha value is -0.170. The van der Waals surface area contributed by atoms with Crippen LogP contribution in [0.1, 0.15) is 13.3 Å². The maximum absolute atomic E-state index is 11.8. The second-order valence-electron chi connectivity index (χ2n) is 3.88. The van der Waals surface area contributed by atoms with Gasteiger partial charge in [-0.25, -0.2) is 8.42 Å². The zero-order valence-corrected chi connectivity index (χ0v) is 10.2. The summed E-state index contributed by atoms with van der Waals surface area (Å²) in [4.78, 5) is 0. The van der Waals surface area contributed by atoms with Gasteiger partial charge in [0, 0.05) is 39.4 Å². The van der Waals surface area contributed by atoms with E-state index in [1.807, 2.05) is 6.92 Å². The van der Waals surface area contributed by atoms with Crippen molar-refractivity contribution in [3.8, 4) is 0 Å². The molecule has 1 heterocycles. The van der Waals surface area contributed by atoms with Gasteiger partial charge in [-0.15, -0.1) is 0 Å². The molecule has 0 radical (unpaired) electrons. The molecular formula is C9H20N2O3S. The minimum Gasteiger partial charge on any atom is -0.385 e. The molecule has 0 saturated carbocycles. The molecule has 1 fully saturated rings. The predicted molar refractivity (Wildman–Crippen MR) is 59.3 cm³/mol. The van der Waals surface area contributed by atoms with Crippen LogP contribution in [0.3, 0.4) is 0 Å². The fraction of sp³-hybridized carbons (Fsp3) is 1.00. The lowest BCUT2D eigenvalue weighted by Crippen LogP contribution is -2.51. The Morgan fingerprint density at radius 3 is 2.87 bits per heavy atom. The van der Waals surface area contributed by atoms with Gasteiger partial charge in [-0.1, -0.05) is 0 Å². The first-order valence-electron chi connectivity index (χ1n) is 5.26. The van der Waals surface area contributed by atoms with Crippen molar-refractivity contribution in [2.24, 2.45) is 0 Å². The number of ether oxygens (including phenoxy) is 1. The number of methoxy groups -OCH3 is 1. The molecule has 1 N–H and O–H groups in total. The van der Waals surface area contributed by atoms with Crippen LogP contribution in [0, 0.1) is 0 Å². The standard InChI is InChI=1S/C9H20N2O3S/c1-9-8-11(5-4-10-9)15(12,13)7-3-6-14-2/h9-10H,3-8H2,1-2H3. The Morgan fingerprint density at radius 2 is 2.27 bits per heavy atom. The van der Waals surface area contributed by atoms with Gasteiger partial charge in [0.2, 0.25) is 10.0 Å². The van der Waals surface area contributed by atoms with E-state index in [-0.39, 0.29) is 11.8 Å².